The Morgan fingerprint density at radius 2 is 2.00 bits per heavy atom. The number of esters is 1. The van der Waals surface area contributed by atoms with E-state index in [4.69, 9.17) is 4.74 Å². The van der Waals surface area contributed by atoms with Crippen LogP contribution < -0.4 is 0 Å². The lowest BCUT2D eigenvalue weighted by molar-refractivity contribution is -0.136. The second kappa shape index (κ2) is 6.07. The molecule has 0 bridgehead atoms. The van der Waals surface area contributed by atoms with Crippen LogP contribution in [-0.2, 0) is 9.53 Å². The number of ether oxygens (including phenoxy) is 1. The van der Waals surface area contributed by atoms with Gasteiger partial charge in [0.05, 0.1) is 12.7 Å². The first-order valence-electron chi connectivity index (χ1n) is 5.66. The minimum absolute atomic E-state index is 0.0997. The van der Waals surface area contributed by atoms with Gasteiger partial charge in [-0.3, -0.25) is 0 Å². The molecule has 0 N–H and O–H groups in total. The summed E-state index contributed by atoms with van der Waals surface area (Å²) in [5, 5.41) is 0. The van der Waals surface area contributed by atoms with Gasteiger partial charge in [0.2, 0.25) is 0 Å². The van der Waals surface area contributed by atoms with Crippen LogP contribution in [0.2, 0.25) is 0 Å². The molecular weight excluding hydrogens is 212 g/mol. The minimum atomic E-state index is -0.315. The third-order valence-electron chi connectivity index (χ3n) is 2.55. The lowest BCUT2D eigenvalue weighted by atomic mass is 10.0. The van der Waals surface area contributed by atoms with Gasteiger partial charge in [0.25, 0.3) is 0 Å². The van der Waals surface area contributed by atoms with Crippen LogP contribution in [0.1, 0.15) is 25.0 Å². The van der Waals surface area contributed by atoms with Gasteiger partial charge < -0.3 is 4.74 Å². The Morgan fingerprint density at radius 3 is 2.53 bits per heavy atom. The van der Waals surface area contributed by atoms with Gasteiger partial charge in [-0.25, -0.2) is 4.79 Å². The Bertz CT molecular complexity index is 464. The van der Waals surface area contributed by atoms with Crippen molar-refractivity contribution in [3.63, 3.8) is 0 Å². The zero-order chi connectivity index (χ0) is 12.8. The van der Waals surface area contributed by atoms with Crippen LogP contribution in [0.3, 0.4) is 0 Å². The molecule has 0 radical (unpaired) electrons. The van der Waals surface area contributed by atoms with Gasteiger partial charge in [0, 0.05) is 0 Å². The van der Waals surface area contributed by atoms with E-state index in [9.17, 15) is 4.79 Å². The number of methoxy groups -OCH3 is 1. The van der Waals surface area contributed by atoms with E-state index in [2.05, 4.69) is 5.73 Å². The van der Waals surface area contributed by atoms with Crippen LogP contribution in [0.15, 0.2) is 35.6 Å². The highest BCUT2D eigenvalue weighted by atomic mass is 16.5. The smallest absolute Gasteiger partial charge is 0.341 e. The van der Waals surface area contributed by atoms with Crippen molar-refractivity contribution in [1.82, 2.24) is 0 Å². The van der Waals surface area contributed by atoms with E-state index < -0.39 is 0 Å². The van der Waals surface area contributed by atoms with E-state index in [0.717, 1.165) is 11.1 Å². The molecule has 2 heteroatoms. The average molecular weight is 230 g/mol. The van der Waals surface area contributed by atoms with Crippen LogP contribution in [0, 0.1) is 12.8 Å². The molecule has 0 amide bonds. The Kier molecular flexibility index (Phi) is 4.74. The molecule has 0 saturated heterocycles. The molecule has 1 rings (SSSR count). The average Bonchev–Trinajstić information content (AvgIpc) is 2.30. The Morgan fingerprint density at radius 1 is 1.35 bits per heavy atom. The number of hydrogen-bond donors (Lipinski definition) is 0. The van der Waals surface area contributed by atoms with Crippen molar-refractivity contribution < 1.29 is 9.53 Å². The molecule has 2 nitrogen and oxygen atoms in total. The van der Waals surface area contributed by atoms with Gasteiger partial charge in [-0.15, -0.1) is 5.73 Å². The summed E-state index contributed by atoms with van der Waals surface area (Å²) >= 11 is 0. The van der Waals surface area contributed by atoms with Crippen molar-refractivity contribution in [2.45, 2.75) is 20.8 Å². The predicted molar refractivity (Wildman–Crippen MR) is 69.5 cm³/mol. The molecule has 0 aliphatic heterocycles. The number of benzene rings is 1. The monoisotopic (exact) mass is 230 g/mol. The molecule has 1 aromatic rings. The topological polar surface area (TPSA) is 26.3 Å². The number of aryl methyl sites for hydroxylation is 1. The molecule has 1 aromatic carbocycles. The summed E-state index contributed by atoms with van der Waals surface area (Å²) in [4.78, 5) is 11.5. The minimum Gasteiger partial charge on any atom is -0.465 e. The van der Waals surface area contributed by atoms with Crippen LogP contribution in [0.25, 0.3) is 6.08 Å². The molecule has 90 valence electrons. The molecule has 0 unspecified atom stereocenters. The zero-order valence-corrected chi connectivity index (χ0v) is 10.8. The van der Waals surface area contributed by atoms with Crippen molar-refractivity contribution >= 4 is 12.0 Å². The maximum absolute atomic E-state index is 11.5. The summed E-state index contributed by atoms with van der Waals surface area (Å²) < 4.78 is 4.73. The fraction of sp³-hybridized carbons (Fsp3) is 0.333. The fourth-order valence-corrected chi connectivity index (χ4v) is 1.48. The highest BCUT2D eigenvalue weighted by molar-refractivity contribution is 5.89. The van der Waals surface area contributed by atoms with Crippen molar-refractivity contribution in [2.24, 2.45) is 5.92 Å². The van der Waals surface area contributed by atoms with Gasteiger partial charge in [0.1, 0.15) is 0 Å². The quantitative estimate of drug-likeness (QED) is 0.452. The molecular formula is C15H18O2. The summed E-state index contributed by atoms with van der Waals surface area (Å²) in [7, 11) is 1.39. The van der Waals surface area contributed by atoms with E-state index in [0.29, 0.717) is 5.57 Å². The maximum Gasteiger partial charge on any atom is 0.341 e. The number of rotatable bonds is 3. The lowest BCUT2D eigenvalue weighted by Crippen LogP contribution is -2.08. The molecule has 0 spiro atoms. The maximum atomic E-state index is 11.5. The van der Waals surface area contributed by atoms with E-state index in [1.54, 1.807) is 0 Å². The summed E-state index contributed by atoms with van der Waals surface area (Å²) in [6, 6.07) is 7.98. The zero-order valence-electron chi connectivity index (χ0n) is 10.8. The summed E-state index contributed by atoms with van der Waals surface area (Å²) in [6.45, 7) is 5.93. The molecule has 0 aliphatic rings. The Balaban J connectivity index is 3.14. The second-order valence-corrected chi connectivity index (χ2v) is 4.21. The van der Waals surface area contributed by atoms with Gasteiger partial charge in [-0.2, -0.15) is 0 Å². The largest absolute Gasteiger partial charge is 0.465 e. The van der Waals surface area contributed by atoms with Gasteiger partial charge >= 0.3 is 5.97 Å². The van der Waals surface area contributed by atoms with Crippen molar-refractivity contribution in [1.29, 1.82) is 0 Å². The number of carbonyl (C=O) groups is 1. The molecule has 0 saturated carbocycles. The van der Waals surface area contributed by atoms with Crippen LogP contribution in [0.4, 0.5) is 0 Å². The van der Waals surface area contributed by atoms with Gasteiger partial charge in [0.15, 0.2) is 0 Å². The summed E-state index contributed by atoms with van der Waals surface area (Å²) in [5.74, 6) is -0.215. The molecule has 0 aliphatic carbocycles. The SMILES string of the molecule is COC(=O)C(=C=Cc1ccccc1C)C(C)C. The third-order valence-corrected chi connectivity index (χ3v) is 2.55. The van der Waals surface area contributed by atoms with Gasteiger partial charge in [-0.1, -0.05) is 38.1 Å². The number of hydrogen-bond acceptors (Lipinski definition) is 2. The van der Waals surface area contributed by atoms with E-state index >= 15 is 0 Å². The van der Waals surface area contributed by atoms with Crippen molar-refractivity contribution in [3.8, 4) is 0 Å². The second-order valence-electron chi connectivity index (χ2n) is 4.21. The standard InChI is InChI=1S/C15H18O2/c1-11(2)14(15(16)17-4)10-9-13-8-6-5-7-12(13)3/h5-9,11H,1-4H3. The molecule has 0 atom stereocenters. The first-order chi connectivity index (χ1) is 8.06. The lowest BCUT2D eigenvalue weighted by Gasteiger charge is -2.05. The first-order valence-corrected chi connectivity index (χ1v) is 5.66. The summed E-state index contributed by atoms with van der Waals surface area (Å²) in [5.41, 5.74) is 5.83. The van der Waals surface area contributed by atoms with Crippen LogP contribution >= 0.6 is 0 Å². The predicted octanol–water partition coefficient (Wildman–Crippen LogP) is 3.36. The molecule has 17 heavy (non-hydrogen) atoms. The van der Waals surface area contributed by atoms with E-state index in [1.807, 2.05) is 51.1 Å². The van der Waals surface area contributed by atoms with E-state index in [1.165, 1.54) is 7.11 Å². The third kappa shape index (κ3) is 3.61. The van der Waals surface area contributed by atoms with Crippen molar-refractivity contribution in [3.05, 3.63) is 46.7 Å². The fourth-order valence-electron chi connectivity index (χ4n) is 1.48. The Labute approximate surface area is 103 Å². The summed E-state index contributed by atoms with van der Waals surface area (Å²) in [6.07, 6.45) is 1.83. The number of carbonyl (C=O) groups excluding carboxylic acids is 1. The Hall–Kier alpha value is -1.79. The molecule has 0 heterocycles. The molecule has 0 aromatic heterocycles. The first kappa shape index (κ1) is 13.3. The normalized spacial score (nSPS) is 9.71. The van der Waals surface area contributed by atoms with E-state index in [-0.39, 0.29) is 11.9 Å². The molecule has 0 fully saturated rings. The highest BCUT2D eigenvalue weighted by Gasteiger charge is 2.12. The highest BCUT2D eigenvalue weighted by Crippen LogP contribution is 2.13. The van der Waals surface area contributed by atoms with Crippen LogP contribution in [0.5, 0.6) is 0 Å². The van der Waals surface area contributed by atoms with Gasteiger partial charge in [-0.05, 0) is 30.0 Å². The van der Waals surface area contributed by atoms with Crippen LogP contribution in [-0.4, -0.2) is 13.1 Å². The van der Waals surface area contributed by atoms with Crippen molar-refractivity contribution in [2.75, 3.05) is 7.11 Å².